The quantitative estimate of drug-likeness (QED) is 0.298. The van der Waals surface area contributed by atoms with Crippen molar-refractivity contribution in [1.82, 2.24) is 9.88 Å². The number of carbonyl (C=O) groups excluding carboxylic acids is 1. The summed E-state index contributed by atoms with van der Waals surface area (Å²) in [7, 11) is 1.65. The lowest BCUT2D eigenvalue weighted by Gasteiger charge is -2.24. The van der Waals surface area contributed by atoms with Gasteiger partial charge in [0.15, 0.2) is 5.13 Å². The highest BCUT2D eigenvalue weighted by atomic mass is 35.5. The molecule has 0 bridgehead atoms. The lowest BCUT2D eigenvalue weighted by atomic mass is 10.3. The number of thioether (sulfide) groups is 2. The fourth-order valence-corrected chi connectivity index (χ4v) is 5.48. The first kappa shape index (κ1) is 26.8. The van der Waals surface area contributed by atoms with Crippen molar-refractivity contribution >= 4 is 68.5 Å². The van der Waals surface area contributed by atoms with Crippen LogP contribution in [0.1, 0.15) is 13.8 Å². The Balaban J connectivity index is 0.00000363. The molecule has 9 heteroatoms. The summed E-state index contributed by atoms with van der Waals surface area (Å²) in [4.78, 5) is 24.5. The number of methoxy groups -OCH3 is 1. The van der Waals surface area contributed by atoms with Crippen LogP contribution in [-0.4, -0.2) is 61.1 Å². The Hall–Kier alpha value is -1.45. The third-order valence-electron chi connectivity index (χ3n) is 5.07. The van der Waals surface area contributed by atoms with Crippen LogP contribution in [-0.2, 0) is 4.79 Å². The minimum Gasteiger partial charge on any atom is -0.497 e. The SMILES string of the molecule is CCN(CC)CCN(C(=O)CSc1ccc(OC)cc1)c1nc2ccc(SC)cc2s1.Cl. The van der Waals surface area contributed by atoms with E-state index in [9.17, 15) is 4.79 Å². The molecule has 0 aliphatic heterocycles. The maximum absolute atomic E-state index is 13.3. The van der Waals surface area contributed by atoms with Gasteiger partial charge in [-0.05, 0) is 61.8 Å². The Labute approximate surface area is 209 Å². The molecule has 32 heavy (non-hydrogen) atoms. The minimum atomic E-state index is 0. The van der Waals surface area contributed by atoms with E-state index in [1.165, 1.54) is 4.90 Å². The third-order valence-corrected chi connectivity index (χ3v) is 7.84. The van der Waals surface area contributed by atoms with Crippen molar-refractivity contribution in [3.05, 3.63) is 42.5 Å². The van der Waals surface area contributed by atoms with Crippen LogP contribution in [0.15, 0.2) is 52.3 Å². The summed E-state index contributed by atoms with van der Waals surface area (Å²) in [6.07, 6.45) is 2.07. The van der Waals surface area contributed by atoms with Gasteiger partial charge in [0.25, 0.3) is 0 Å². The number of nitrogens with zero attached hydrogens (tertiary/aromatic N) is 3. The average Bonchev–Trinajstić information content (AvgIpc) is 3.23. The van der Waals surface area contributed by atoms with Gasteiger partial charge in [-0.25, -0.2) is 4.98 Å². The molecule has 0 fully saturated rings. The van der Waals surface area contributed by atoms with E-state index in [0.717, 1.165) is 45.6 Å². The highest BCUT2D eigenvalue weighted by molar-refractivity contribution is 8.00. The van der Waals surface area contributed by atoms with Crippen LogP contribution in [0.25, 0.3) is 10.2 Å². The maximum Gasteiger partial charge on any atom is 0.239 e. The van der Waals surface area contributed by atoms with E-state index < -0.39 is 0 Å². The first-order chi connectivity index (χ1) is 15.1. The lowest BCUT2D eigenvalue weighted by Crippen LogP contribution is -2.39. The van der Waals surface area contributed by atoms with Crippen molar-refractivity contribution < 1.29 is 9.53 Å². The smallest absolute Gasteiger partial charge is 0.239 e. The molecule has 0 radical (unpaired) electrons. The highest BCUT2D eigenvalue weighted by Crippen LogP contribution is 2.32. The maximum atomic E-state index is 13.3. The average molecular weight is 512 g/mol. The molecule has 2 aromatic carbocycles. The molecule has 0 atom stereocenters. The first-order valence-electron chi connectivity index (χ1n) is 10.3. The highest BCUT2D eigenvalue weighted by Gasteiger charge is 2.21. The van der Waals surface area contributed by atoms with Crippen LogP contribution in [0.2, 0.25) is 0 Å². The predicted molar refractivity (Wildman–Crippen MR) is 143 cm³/mol. The summed E-state index contributed by atoms with van der Waals surface area (Å²) in [5.41, 5.74) is 0.946. The summed E-state index contributed by atoms with van der Waals surface area (Å²) in [6, 6.07) is 14.1. The van der Waals surface area contributed by atoms with E-state index in [-0.39, 0.29) is 18.3 Å². The molecule has 3 aromatic rings. The second-order valence-corrected chi connectivity index (χ2v) is 9.80. The number of anilines is 1. The number of halogens is 1. The van der Waals surface area contributed by atoms with Gasteiger partial charge in [-0.3, -0.25) is 9.69 Å². The number of aromatic nitrogens is 1. The number of likely N-dealkylation sites (N-methyl/N-ethyl adjacent to an activating group) is 1. The van der Waals surface area contributed by atoms with E-state index in [1.54, 1.807) is 42.0 Å². The van der Waals surface area contributed by atoms with Crippen molar-refractivity contribution in [2.24, 2.45) is 0 Å². The summed E-state index contributed by atoms with van der Waals surface area (Å²) < 4.78 is 6.33. The molecule has 0 N–H and O–H groups in total. The fraction of sp³-hybridized carbons (Fsp3) is 0.391. The molecule has 0 aliphatic rings. The van der Waals surface area contributed by atoms with Crippen molar-refractivity contribution in [2.75, 3.05) is 50.2 Å². The molecule has 1 aromatic heterocycles. The topological polar surface area (TPSA) is 45.7 Å². The molecule has 174 valence electrons. The number of thiazole rings is 1. The van der Waals surface area contributed by atoms with Crippen molar-refractivity contribution in [3.63, 3.8) is 0 Å². The van der Waals surface area contributed by atoms with Crippen LogP contribution < -0.4 is 9.64 Å². The van der Waals surface area contributed by atoms with Gasteiger partial charge in [0.05, 0.1) is 23.1 Å². The summed E-state index contributed by atoms with van der Waals surface area (Å²) >= 11 is 4.85. The van der Waals surface area contributed by atoms with Gasteiger partial charge in [0, 0.05) is 22.9 Å². The Bertz CT molecular complexity index is 994. The molecule has 0 aliphatic carbocycles. The van der Waals surface area contributed by atoms with Crippen LogP contribution in [0.5, 0.6) is 5.75 Å². The zero-order valence-electron chi connectivity index (χ0n) is 18.9. The van der Waals surface area contributed by atoms with Gasteiger partial charge in [-0.1, -0.05) is 25.2 Å². The number of hydrogen-bond acceptors (Lipinski definition) is 7. The minimum absolute atomic E-state index is 0. The van der Waals surface area contributed by atoms with Crippen LogP contribution >= 0.6 is 47.3 Å². The number of benzene rings is 2. The first-order valence-corrected chi connectivity index (χ1v) is 13.3. The van der Waals surface area contributed by atoms with E-state index in [4.69, 9.17) is 9.72 Å². The van der Waals surface area contributed by atoms with E-state index in [0.29, 0.717) is 12.3 Å². The van der Waals surface area contributed by atoms with Gasteiger partial charge in [-0.15, -0.1) is 35.9 Å². The number of carbonyl (C=O) groups is 1. The number of fused-ring (bicyclic) bond motifs is 1. The third kappa shape index (κ3) is 7.02. The molecule has 1 heterocycles. The number of rotatable bonds is 11. The second kappa shape index (κ2) is 13.3. The molecule has 5 nitrogen and oxygen atoms in total. The van der Waals surface area contributed by atoms with Gasteiger partial charge in [-0.2, -0.15) is 0 Å². The Morgan fingerprint density at radius 1 is 1.06 bits per heavy atom. The molecule has 0 saturated heterocycles. The van der Waals surface area contributed by atoms with E-state index in [2.05, 4.69) is 37.1 Å². The predicted octanol–water partition coefficient (Wildman–Crippen LogP) is 5.92. The van der Waals surface area contributed by atoms with Gasteiger partial charge in [0.1, 0.15) is 5.75 Å². The summed E-state index contributed by atoms with van der Waals surface area (Å²) in [5, 5.41) is 0.778. The van der Waals surface area contributed by atoms with Crippen LogP contribution in [0, 0.1) is 0 Å². The lowest BCUT2D eigenvalue weighted by molar-refractivity contribution is -0.116. The van der Waals surface area contributed by atoms with Crippen molar-refractivity contribution in [3.8, 4) is 5.75 Å². The number of ether oxygens (including phenoxy) is 1. The van der Waals surface area contributed by atoms with Gasteiger partial charge in [0.2, 0.25) is 5.91 Å². The second-order valence-electron chi connectivity index (χ2n) is 6.87. The zero-order chi connectivity index (χ0) is 22.2. The number of hydrogen-bond donors (Lipinski definition) is 0. The van der Waals surface area contributed by atoms with E-state index >= 15 is 0 Å². The van der Waals surface area contributed by atoms with Crippen molar-refractivity contribution in [1.29, 1.82) is 0 Å². The monoisotopic (exact) mass is 511 g/mol. The summed E-state index contributed by atoms with van der Waals surface area (Å²) in [5.74, 6) is 1.27. The molecule has 3 rings (SSSR count). The molecule has 0 unspecified atom stereocenters. The number of amides is 1. The van der Waals surface area contributed by atoms with Crippen LogP contribution in [0.4, 0.5) is 5.13 Å². The largest absolute Gasteiger partial charge is 0.497 e. The molecule has 0 spiro atoms. The summed E-state index contributed by atoms with van der Waals surface area (Å²) in [6.45, 7) is 7.70. The fourth-order valence-electron chi connectivity index (χ4n) is 3.14. The van der Waals surface area contributed by atoms with Gasteiger partial charge >= 0.3 is 0 Å². The normalized spacial score (nSPS) is 10.9. The van der Waals surface area contributed by atoms with Crippen LogP contribution in [0.3, 0.4) is 0 Å². The molecule has 1 amide bonds. The van der Waals surface area contributed by atoms with Crippen molar-refractivity contribution in [2.45, 2.75) is 23.6 Å². The van der Waals surface area contributed by atoms with Gasteiger partial charge < -0.3 is 9.64 Å². The Morgan fingerprint density at radius 3 is 2.38 bits per heavy atom. The molecular formula is C23H30ClN3O2S3. The molecule has 0 saturated carbocycles. The Kier molecular flexibility index (Phi) is 11.1. The zero-order valence-corrected chi connectivity index (χ0v) is 22.1. The van der Waals surface area contributed by atoms with E-state index in [1.807, 2.05) is 35.2 Å². The standard InChI is InChI=1S/C23H29N3O2S3.ClH/c1-5-25(6-2)13-14-26(22(27)16-30-18-9-7-17(28-3)8-10-18)23-24-20-12-11-19(29-4)15-21(20)31-23;/h7-12,15H,5-6,13-14,16H2,1-4H3;1H. The Morgan fingerprint density at radius 2 is 1.75 bits per heavy atom. The molecular weight excluding hydrogens is 482 g/mol.